The predicted molar refractivity (Wildman–Crippen MR) is 69.1 cm³/mol. The molecule has 1 aromatic rings. The zero-order valence-electron chi connectivity index (χ0n) is 9.37. The number of thioether (sulfide) groups is 1. The molecule has 2 aliphatic heterocycles. The van der Waals surface area contributed by atoms with Gasteiger partial charge in [-0.1, -0.05) is 30.3 Å². The van der Waals surface area contributed by atoms with Crippen molar-refractivity contribution in [2.75, 3.05) is 0 Å². The van der Waals surface area contributed by atoms with Crippen molar-refractivity contribution in [1.82, 2.24) is 5.01 Å². The third kappa shape index (κ3) is 2.06. The Morgan fingerprint density at radius 1 is 1.22 bits per heavy atom. The van der Waals surface area contributed by atoms with Gasteiger partial charge < -0.3 is 0 Å². The average Bonchev–Trinajstić information content (AvgIpc) is 2.73. The highest BCUT2D eigenvalue weighted by atomic mass is 32.2. The van der Waals surface area contributed by atoms with Crippen LogP contribution in [0.25, 0.3) is 0 Å². The van der Waals surface area contributed by atoms with Gasteiger partial charge >= 0.3 is 0 Å². The van der Waals surface area contributed by atoms with E-state index >= 15 is 0 Å². The van der Waals surface area contributed by atoms with Gasteiger partial charge in [0.1, 0.15) is 11.5 Å². The summed E-state index contributed by atoms with van der Waals surface area (Å²) in [6, 6.07) is 9.84. The molecule has 2 heterocycles. The molecule has 0 saturated heterocycles. The molecule has 1 aromatic carbocycles. The first kappa shape index (κ1) is 11.2. The third-order valence-corrected chi connectivity index (χ3v) is 3.47. The SMILES string of the molecule is O=C1CC(=O)N2N=C(Cc3ccccc3)SC2=N1. The van der Waals surface area contributed by atoms with E-state index in [-0.39, 0.29) is 12.3 Å². The number of rotatable bonds is 2. The third-order valence-electron chi connectivity index (χ3n) is 2.56. The number of fused-ring (bicyclic) bond motifs is 1. The van der Waals surface area contributed by atoms with Crippen LogP contribution in [-0.4, -0.2) is 27.0 Å². The molecule has 18 heavy (non-hydrogen) atoms. The minimum Gasteiger partial charge on any atom is -0.272 e. The molecule has 3 rings (SSSR count). The lowest BCUT2D eigenvalue weighted by molar-refractivity contribution is -0.133. The number of benzene rings is 1. The quantitative estimate of drug-likeness (QED) is 0.754. The zero-order chi connectivity index (χ0) is 12.5. The normalized spacial score (nSPS) is 18.6. The Morgan fingerprint density at radius 3 is 2.78 bits per heavy atom. The Bertz CT molecular complexity index is 580. The fourth-order valence-corrected chi connectivity index (χ4v) is 2.70. The molecule has 0 fully saturated rings. The highest BCUT2D eigenvalue weighted by Gasteiger charge is 2.34. The summed E-state index contributed by atoms with van der Waals surface area (Å²) in [5, 5.41) is 6.59. The van der Waals surface area contributed by atoms with Crippen LogP contribution < -0.4 is 0 Å². The summed E-state index contributed by atoms with van der Waals surface area (Å²) < 4.78 is 0. The molecule has 2 aliphatic rings. The largest absolute Gasteiger partial charge is 0.272 e. The molecule has 90 valence electrons. The van der Waals surface area contributed by atoms with Crippen molar-refractivity contribution in [2.24, 2.45) is 10.1 Å². The summed E-state index contributed by atoms with van der Waals surface area (Å²) in [6.07, 6.45) is 0.453. The van der Waals surface area contributed by atoms with Crippen molar-refractivity contribution in [3.05, 3.63) is 35.9 Å². The first-order valence-electron chi connectivity index (χ1n) is 5.46. The summed E-state index contributed by atoms with van der Waals surface area (Å²) in [5.41, 5.74) is 1.11. The van der Waals surface area contributed by atoms with Gasteiger partial charge in [0, 0.05) is 6.42 Å². The van der Waals surface area contributed by atoms with Crippen LogP contribution in [0.3, 0.4) is 0 Å². The molecule has 2 amide bonds. The lowest BCUT2D eigenvalue weighted by Gasteiger charge is -2.14. The van der Waals surface area contributed by atoms with Gasteiger partial charge in [-0.25, -0.2) is 0 Å². The average molecular weight is 259 g/mol. The number of hydrogen-bond donors (Lipinski definition) is 0. The highest BCUT2D eigenvalue weighted by molar-refractivity contribution is 8.26. The molecule has 0 unspecified atom stereocenters. The van der Waals surface area contributed by atoms with Gasteiger partial charge in [-0.2, -0.15) is 15.1 Å². The lowest BCUT2D eigenvalue weighted by Crippen LogP contribution is -2.33. The summed E-state index contributed by atoms with van der Waals surface area (Å²) in [4.78, 5) is 26.6. The minimum atomic E-state index is -0.394. The molecular formula is C12H9N3O2S. The second-order valence-electron chi connectivity index (χ2n) is 3.93. The molecule has 0 atom stereocenters. The van der Waals surface area contributed by atoms with Crippen molar-refractivity contribution in [1.29, 1.82) is 0 Å². The molecule has 0 aliphatic carbocycles. The van der Waals surface area contributed by atoms with E-state index < -0.39 is 5.91 Å². The van der Waals surface area contributed by atoms with E-state index in [0.29, 0.717) is 11.6 Å². The molecule has 0 N–H and O–H groups in total. The number of hydrogen-bond acceptors (Lipinski definition) is 4. The van der Waals surface area contributed by atoms with Gasteiger partial charge in [-0.15, -0.1) is 0 Å². The second-order valence-corrected chi connectivity index (χ2v) is 4.97. The van der Waals surface area contributed by atoms with E-state index in [1.165, 1.54) is 16.8 Å². The Hall–Kier alpha value is -1.95. The van der Waals surface area contributed by atoms with E-state index in [1.807, 2.05) is 30.3 Å². The molecule has 5 nitrogen and oxygen atoms in total. The lowest BCUT2D eigenvalue weighted by atomic mass is 10.2. The van der Waals surface area contributed by atoms with E-state index in [1.54, 1.807) is 0 Å². The maximum absolute atomic E-state index is 11.6. The summed E-state index contributed by atoms with van der Waals surface area (Å²) in [6.45, 7) is 0. The number of hydrazone groups is 1. The molecule has 6 heteroatoms. The van der Waals surface area contributed by atoms with Crippen molar-refractivity contribution in [3.8, 4) is 0 Å². The standard InChI is InChI=1S/C12H9N3O2S/c16-9-7-11(17)15-12(13-9)18-10(14-15)6-8-4-2-1-3-5-8/h1-5H,6-7H2. The van der Waals surface area contributed by atoms with E-state index in [9.17, 15) is 9.59 Å². The fourth-order valence-electron chi connectivity index (χ4n) is 1.75. The Balaban J connectivity index is 1.81. The fraction of sp³-hybridized carbons (Fsp3) is 0.167. The maximum Gasteiger partial charge on any atom is 0.258 e. The molecule has 0 aromatic heterocycles. The highest BCUT2D eigenvalue weighted by Crippen LogP contribution is 2.26. The Labute approximate surface area is 108 Å². The van der Waals surface area contributed by atoms with E-state index in [4.69, 9.17) is 0 Å². The van der Waals surface area contributed by atoms with Gasteiger partial charge in [-0.05, 0) is 17.3 Å². The topological polar surface area (TPSA) is 62.1 Å². The van der Waals surface area contributed by atoms with Crippen LogP contribution >= 0.6 is 11.8 Å². The molecular weight excluding hydrogens is 250 g/mol. The van der Waals surface area contributed by atoms with Crippen LogP contribution in [0.2, 0.25) is 0 Å². The predicted octanol–water partition coefficient (Wildman–Crippen LogP) is 1.40. The molecule has 0 spiro atoms. The van der Waals surface area contributed by atoms with Crippen LogP contribution in [-0.2, 0) is 16.0 Å². The first-order chi connectivity index (χ1) is 8.72. The number of nitrogens with zero attached hydrogens (tertiary/aromatic N) is 3. The first-order valence-corrected chi connectivity index (χ1v) is 6.28. The van der Waals surface area contributed by atoms with Gasteiger partial charge in [-0.3, -0.25) is 9.59 Å². The van der Waals surface area contributed by atoms with E-state index in [2.05, 4.69) is 10.1 Å². The van der Waals surface area contributed by atoms with Crippen LogP contribution in [0.1, 0.15) is 12.0 Å². The van der Waals surface area contributed by atoms with E-state index in [0.717, 1.165) is 10.6 Å². The van der Waals surface area contributed by atoms with Gasteiger partial charge in [0.25, 0.3) is 11.8 Å². The van der Waals surface area contributed by atoms with Crippen molar-refractivity contribution in [3.63, 3.8) is 0 Å². The Kier molecular flexibility index (Phi) is 2.71. The zero-order valence-corrected chi connectivity index (χ0v) is 10.2. The van der Waals surface area contributed by atoms with Gasteiger partial charge in [0.05, 0.1) is 0 Å². The number of amidine groups is 1. The van der Waals surface area contributed by atoms with Crippen LogP contribution in [0, 0.1) is 0 Å². The van der Waals surface area contributed by atoms with Crippen LogP contribution in [0.15, 0.2) is 40.4 Å². The van der Waals surface area contributed by atoms with Crippen molar-refractivity contribution < 1.29 is 9.59 Å². The van der Waals surface area contributed by atoms with Crippen LogP contribution in [0.4, 0.5) is 0 Å². The van der Waals surface area contributed by atoms with Crippen molar-refractivity contribution in [2.45, 2.75) is 12.8 Å². The monoisotopic (exact) mass is 259 g/mol. The maximum atomic E-state index is 11.6. The van der Waals surface area contributed by atoms with Crippen LogP contribution in [0.5, 0.6) is 0 Å². The van der Waals surface area contributed by atoms with Gasteiger partial charge in [0.2, 0.25) is 5.17 Å². The second kappa shape index (κ2) is 4.38. The van der Waals surface area contributed by atoms with Crippen molar-refractivity contribution >= 4 is 33.8 Å². The number of aliphatic imine (C=N–C) groups is 1. The molecule has 0 bridgehead atoms. The number of carbonyl (C=O) groups excluding carboxylic acids is 2. The minimum absolute atomic E-state index is 0.188. The Morgan fingerprint density at radius 2 is 2.00 bits per heavy atom. The summed E-state index contributed by atoms with van der Waals surface area (Å²) in [7, 11) is 0. The summed E-state index contributed by atoms with van der Waals surface area (Å²) in [5.74, 6) is -0.699. The number of carbonyl (C=O) groups is 2. The smallest absolute Gasteiger partial charge is 0.258 e. The number of amides is 2. The summed E-state index contributed by atoms with van der Waals surface area (Å²) >= 11 is 1.28. The van der Waals surface area contributed by atoms with Gasteiger partial charge in [0.15, 0.2) is 0 Å². The molecule has 0 saturated carbocycles. The molecule has 0 radical (unpaired) electrons.